The summed E-state index contributed by atoms with van der Waals surface area (Å²) in [7, 11) is 0. The Bertz CT molecular complexity index is 631. The van der Waals surface area contributed by atoms with Crippen molar-refractivity contribution >= 4 is 11.6 Å². The molecule has 0 aliphatic heterocycles. The van der Waals surface area contributed by atoms with Crippen LogP contribution in [0.25, 0.3) is 0 Å². The first-order valence-corrected chi connectivity index (χ1v) is 7.42. The van der Waals surface area contributed by atoms with E-state index < -0.39 is 0 Å². The fraction of sp³-hybridized carbons (Fsp3) is 0.316. The lowest BCUT2D eigenvalue weighted by atomic mass is 10.1. The molecular formula is C19H23NO. The van der Waals surface area contributed by atoms with Crippen LogP contribution >= 0.6 is 0 Å². The molecule has 0 bridgehead atoms. The van der Waals surface area contributed by atoms with Crippen LogP contribution in [0.3, 0.4) is 0 Å². The predicted molar refractivity (Wildman–Crippen MR) is 88.4 cm³/mol. The number of carbonyl (C=O) groups excluding carboxylic acids is 1. The number of anilines is 1. The number of hydrogen-bond acceptors (Lipinski definition) is 1. The molecule has 0 atom stereocenters. The topological polar surface area (TPSA) is 20.3 Å². The van der Waals surface area contributed by atoms with Crippen molar-refractivity contribution in [2.75, 3.05) is 4.90 Å². The minimum absolute atomic E-state index is 0.0198. The first-order chi connectivity index (χ1) is 10.0. The molecule has 2 aromatic rings. The van der Waals surface area contributed by atoms with Gasteiger partial charge in [-0.05, 0) is 36.6 Å². The van der Waals surface area contributed by atoms with Crippen molar-refractivity contribution < 1.29 is 4.79 Å². The van der Waals surface area contributed by atoms with Crippen molar-refractivity contribution in [3.8, 4) is 0 Å². The van der Waals surface area contributed by atoms with E-state index in [1.54, 1.807) is 0 Å². The van der Waals surface area contributed by atoms with Crippen molar-refractivity contribution in [1.82, 2.24) is 0 Å². The predicted octanol–water partition coefficient (Wildman–Crippen LogP) is 4.49. The lowest BCUT2D eigenvalue weighted by Crippen LogP contribution is -2.34. The fourth-order valence-electron chi connectivity index (χ4n) is 2.42. The van der Waals surface area contributed by atoms with Crippen molar-refractivity contribution in [1.29, 1.82) is 0 Å². The van der Waals surface area contributed by atoms with E-state index in [9.17, 15) is 4.79 Å². The van der Waals surface area contributed by atoms with Gasteiger partial charge < -0.3 is 4.90 Å². The first-order valence-electron chi connectivity index (χ1n) is 7.42. The average Bonchev–Trinajstić information content (AvgIpc) is 2.46. The summed E-state index contributed by atoms with van der Waals surface area (Å²) in [6.07, 6.45) is 0. The van der Waals surface area contributed by atoms with Crippen LogP contribution in [-0.2, 0) is 11.3 Å². The van der Waals surface area contributed by atoms with Gasteiger partial charge in [-0.3, -0.25) is 4.79 Å². The van der Waals surface area contributed by atoms with Crippen LogP contribution in [0.5, 0.6) is 0 Å². The highest BCUT2D eigenvalue weighted by atomic mass is 16.2. The fourth-order valence-corrected chi connectivity index (χ4v) is 2.42. The van der Waals surface area contributed by atoms with Gasteiger partial charge in [0, 0.05) is 11.6 Å². The van der Waals surface area contributed by atoms with E-state index in [0.29, 0.717) is 6.54 Å². The first kappa shape index (κ1) is 15.3. The third-order valence-corrected chi connectivity index (χ3v) is 3.76. The minimum Gasteiger partial charge on any atom is -0.308 e. The van der Waals surface area contributed by atoms with Crippen molar-refractivity contribution in [3.63, 3.8) is 0 Å². The highest BCUT2D eigenvalue weighted by molar-refractivity contribution is 5.95. The van der Waals surface area contributed by atoms with Gasteiger partial charge in [0.2, 0.25) is 5.91 Å². The molecule has 0 unspecified atom stereocenters. The maximum absolute atomic E-state index is 12.6. The molecule has 110 valence electrons. The summed E-state index contributed by atoms with van der Waals surface area (Å²) in [4.78, 5) is 14.5. The standard InChI is InChI=1S/C19H23NO/c1-14(2)19(21)20(18-12-8-6-10-16(18)4)13-17-11-7-5-9-15(17)3/h5-12,14H,13H2,1-4H3. The Morgan fingerprint density at radius 3 is 2.10 bits per heavy atom. The Morgan fingerprint density at radius 1 is 0.952 bits per heavy atom. The summed E-state index contributed by atoms with van der Waals surface area (Å²) >= 11 is 0. The molecule has 2 heteroatoms. The van der Waals surface area contributed by atoms with E-state index in [-0.39, 0.29) is 11.8 Å². The van der Waals surface area contributed by atoms with E-state index in [1.165, 1.54) is 11.1 Å². The summed E-state index contributed by atoms with van der Waals surface area (Å²) < 4.78 is 0. The van der Waals surface area contributed by atoms with Gasteiger partial charge in [0.15, 0.2) is 0 Å². The molecule has 0 aromatic heterocycles. The molecule has 2 aromatic carbocycles. The smallest absolute Gasteiger partial charge is 0.229 e. The zero-order valence-corrected chi connectivity index (χ0v) is 13.3. The van der Waals surface area contributed by atoms with Crippen LogP contribution in [0.1, 0.15) is 30.5 Å². The number of amides is 1. The Labute approximate surface area is 127 Å². The molecule has 0 saturated heterocycles. The number of hydrogen-bond donors (Lipinski definition) is 0. The number of para-hydroxylation sites is 1. The molecule has 0 saturated carbocycles. The highest BCUT2D eigenvalue weighted by Gasteiger charge is 2.20. The second-order valence-electron chi connectivity index (χ2n) is 5.79. The van der Waals surface area contributed by atoms with E-state index in [0.717, 1.165) is 11.3 Å². The molecule has 0 aliphatic rings. The Balaban J connectivity index is 2.41. The SMILES string of the molecule is Cc1ccccc1CN(C(=O)C(C)C)c1ccccc1C. The largest absolute Gasteiger partial charge is 0.308 e. The molecule has 0 fully saturated rings. The van der Waals surface area contributed by atoms with Gasteiger partial charge in [-0.25, -0.2) is 0 Å². The number of rotatable bonds is 4. The third kappa shape index (κ3) is 3.52. The van der Waals surface area contributed by atoms with Crippen molar-refractivity contribution in [2.45, 2.75) is 34.2 Å². The van der Waals surface area contributed by atoms with E-state index >= 15 is 0 Å². The van der Waals surface area contributed by atoms with Crippen LogP contribution in [0.4, 0.5) is 5.69 Å². The Morgan fingerprint density at radius 2 is 1.52 bits per heavy atom. The van der Waals surface area contributed by atoms with Crippen molar-refractivity contribution in [2.24, 2.45) is 5.92 Å². The molecule has 2 nitrogen and oxygen atoms in total. The molecule has 0 spiro atoms. The number of aryl methyl sites for hydroxylation is 2. The Hall–Kier alpha value is -2.09. The molecule has 0 aliphatic carbocycles. The molecule has 21 heavy (non-hydrogen) atoms. The zero-order valence-electron chi connectivity index (χ0n) is 13.3. The summed E-state index contributed by atoms with van der Waals surface area (Å²) in [5, 5.41) is 0. The van der Waals surface area contributed by atoms with E-state index in [2.05, 4.69) is 19.1 Å². The maximum atomic E-state index is 12.6. The van der Waals surface area contributed by atoms with Gasteiger partial charge in [-0.15, -0.1) is 0 Å². The quantitative estimate of drug-likeness (QED) is 0.808. The Kier molecular flexibility index (Phi) is 4.79. The molecule has 1 amide bonds. The second-order valence-corrected chi connectivity index (χ2v) is 5.79. The van der Waals surface area contributed by atoms with Crippen molar-refractivity contribution in [3.05, 3.63) is 65.2 Å². The van der Waals surface area contributed by atoms with Crippen LogP contribution in [0.15, 0.2) is 48.5 Å². The summed E-state index contributed by atoms with van der Waals surface area (Å²) in [5.41, 5.74) is 4.53. The van der Waals surface area contributed by atoms with Gasteiger partial charge in [0.25, 0.3) is 0 Å². The van der Waals surface area contributed by atoms with Crippen LogP contribution in [0, 0.1) is 19.8 Å². The molecule has 0 radical (unpaired) electrons. The van der Waals surface area contributed by atoms with Crippen LogP contribution < -0.4 is 4.90 Å². The molecular weight excluding hydrogens is 258 g/mol. The zero-order chi connectivity index (χ0) is 15.4. The van der Waals surface area contributed by atoms with E-state index in [4.69, 9.17) is 0 Å². The monoisotopic (exact) mass is 281 g/mol. The average molecular weight is 281 g/mol. The van der Waals surface area contributed by atoms with E-state index in [1.807, 2.05) is 62.1 Å². The lowest BCUT2D eigenvalue weighted by molar-refractivity contribution is -0.121. The van der Waals surface area contributed by atoms with Gasteiger partial charge >= 0.3 is 0 Å². The highest BCUT2D eigenvalue weighted by Crippen LogP contribution is 2.24. The molecule has 0 heterocycles. The molecule has 0 N–H and O–H groups in total. The summed E-state index contributed by atoms with van der Waals surface area (Å²) in [6, 6.07) is 16.3. The summed E-state index contributed by atoms with van der Waals surface area (Å²) in [6.45, 7) is 8.66. The number of carbonyl (C=O) groups is 1. The summed E-state index contributed by atoms with van der Waals surface area (Å²) in [5.74, 6) is 0.140. The van der Waals surface area contributed by atoms with Gasteiger partial charge in [-0.2, -0.15) is 0 Å². The molecule has 2 rings (SSSR count). The van der Waals surface area contributed by atoms with Crippen LogP contribution in [0.2, 0.25) is 0 Å². The maximum Gasteiger partial charge on any atom is 0.229 e. The third-order valence-electron chi connectivity index (χ3n) is 3.76. The lowest BCUT2D eigenvalue weighted by Gasteiger charge is -2.27. The normalized spacial score (nSPS) is 10.7. The second kappa shape index (κ2) is 6.57. The van der Waals surface area contributed by atoms with Gasteiger partial charge in [0.1, 0.15) is 0 Å². The van der Waals surface area contributed by atoms with Gasteiger partial charge in [-0.1, -0.05) is 56.3 Å². The number of nitrogens with zero attached hydrogens (tertiary/aromatic N) is 1. The minimum atomic E-state index is -0.0198. The van der Waals surface area contributed by atoms with Gasteiger partial charge in [0.05, 0.1) is 6.54 Å². The van der Waals surface area contributed by atoms with Crippen LogP contribution in [-0.4, -0.2) is 5.91 Å². The number of benzene rings is 2.